The highest BCUT2D eigenvalue weighted by Gasteiger charge is 2.31. The number of nitrogens with zero attached hydrogens (tertiary/aromatic N) is 1. The predicted molar refractivity (Wildman–Crippen MR) is 81.8 cm³/mol. The Morgan fingerprint density at radius 1 is 1.57 bits per heavy atom. The lowest BCUT2D eigenvalue weighted by Gasteiger charge is -2.03. The molecule has 21 heavy (non-hydrogen) atoms. The number of hydrogen-bond donors (Lipinski definition) is 1. The summed E-state index contributed by atoms with van der Waals surface area (Å²) in [4.78, 5) is 13.5. The second kappa shape index (κ2) is 5.38. The zero-order valence-electron chi connectivity index (χ0n) is 12.0. The van der Waals surface area contributed by atoms with E-state index < -0.39 is 0 Å². The number of carbonyl (C=O) groups excluding carboxylic acids is 1. The van der Waals surface area contributed by atoms with E-state index in [0.29, 0.717) is 22.0 Å². The molecule has 0 atom stereocenters. The summed E-state index contributed by atoms with van der Waals surface area (Å²) >= 11 is 1.46. The Balaban J connectivity index is 1.88. The van der Waals surface area contributed by atoms with Gasteiger partial charge in [0.1, 0.15) is 16.8 Å². The number of carbonyl (C=O) groups is 1. The van der Waals surface area contributed by atoms with E-state index in [2.05, 4.69) is 11.4 Å². The van der Waals surface area contributed by atoms with Crippen LogP contribution in [0.3, 0.4) is 0 Å². The molecule has 0 radical (unpaired) electrons. The summed E-state index contributed by atoms with van der Waals surface area (Å²) < 4.78 is 5.43. The van der Waals surface area contributed by atoms with Gasteiger partial charge >= 0.3 is 0 Å². The van der Waals surface area contributed by atoms with Crippen molar-refractivity contribution >= 4 is 22.2 Å². The first-order valence-corrected chi connectivity index (χ1v) is 7.88. The van der Waals surface area contributed by atoms with Crippen molar-refractivity contribution in [2.75, 3.05) is 5.32 Å². The van der Waals surface area contributed by atoms with E-state index in [-0.39, 0.29) is 5.91 Å². The average Bonchev–Trinajstić information content (AvgIpc) is 3.11. The lowest BCUT2D eigenvalue weighted by molar-refractivity contribution is 0.102. The molecule has 0 saturated heterocycles. The van der Waals surface area contributed by atoms with Crippen molar-refractivity contribution in [1.82, 2.24) is 0 Å². The molecule has 2 heterocycles. The maximum absolute atomic E-state index is 12.4. The molecule has 1 aliphatic rings. The summed E-state index contributed by atoms with van der Waals surface area (Å²) in [5, 5.41) is 12.8. The van der Waals surface area contributed by atoms with Gasteiger partial charge in [-0.2, -0.15) is 5.26 Å². The van der Waals surface area contributed by atoms with E-state index in [4.69, 9.17) is 4.42 Å². The second-order valence-electron chi connectivity index (χ2n) is 5.23. The molecule has 3 rings (SSSR count). The van der Waals surface area contributed by atoms with Crippen molar-refractivity contribution < 1.29 is 9.21 Å². The Labute approximate surface area is 127 Å². The molecular formula is C16H16N2O2S. The van der Waals surface area contributed by atoms with Gasteiger partial charge in [-0.1, -0.05) is 6.92 Å². The first-order chi connectivity index (χ1) is 10.2. The molecule has 108 valence electrons. The minimum absolute atomic E-state index is 0.189. The van der Waals surface area contributed by atoms with E-state index in [0.717, 1.165) is 35.5 Å². The molecular weight excluding hydrogens is 284 g/mol. The van der Waals surface area contributed by atoms with Gasteiger partial charge in [-0.15, -0.1) is 11.3 Å². The number of furan rings is 1. The van der Waals surface area contributed by atoms with Gasteiger partial charge in [-0.05, 0) is 37.8 Å². The van der Waals surface area contributed by atoms with Crippen molar-refractivity contribution in [3.63, 3.8) is 0 Å². The van der Waals surface area contributed by atoms with Crippen molar-refractivity contribution in [1.29, 1.82) is 5.26 Å². The SMILES string of the molecule is CCc1c(C)sc(NC(=O)c2ccoc2C2CC2)c1C#N. The molecule has 1 N–H and O–H groups in total. The molecule has 0 unspecified atom stereocenters. The third kappa shape index (κ3) is 2.47. The van der Waals surface area contributed by atoms with Crippen LogP contribution in [-0.2, 0) is 6.42 Å². The van der Waals surface area contributed by atoms with Crippen LogP contribution in [0, 0.1) is 18.3 Å². The van der Waals surface area contributed by atoms with Crippen LogP contribution in [0.5, 0.6) is 0 Å². The highest BCUT2D eigenvalue weighted by atomic mass is 32.1. The Bertz CT molecular complexity index is 732. The molecule has 1 fully saturated rings. The van der Waals surface area contributed by atoms with Crippen LogP contribution in [0.1, 0.15) is 57.8 Å². The van der Waals surface area contributed by atoms with E-state index in [9.17, 15) is 10.1 Å². The number of thiophene rings is 1. The summed E-state index contributed by atoms with van der Waals surface area (Å²) in [6, 6.07) is 3.91. The number of aryl methyl sites for hydroxylation is 1. The van der Waals surface area contributed by atoms with E-state index in [1.165, 1.54) is 11.3 Å². The van der Waals surface area contributed by atoms with Gasteiger partial charge in [0.2, 0.25) is 0 Å². The van der Waals surface area contributed by atoms with Gasteiger partial charge in [-0.25, -0.2) is 0 Å². The highest BCUT2D eigenvalue weighted by Crippen LogP contribution is 2.42. The summed E-state index contributed by atoms with van der Waals surface area (Å²) in [7, 11) is 0. The van der Waals surface area contributed by atoms with Gasteiger partial charge in [0.25, 0.3) is 5.91 Å². The minimum atomic E-state index is -0.189. The third-order valence-corrected chi connectivity index (χ3v) is 4.85. The molecule has 1 amide bonds. The van der Waals surface area contributed by atoms with Crippen LogP contribution >= 0.6 is 11.3 Å². The van der Waals surface area contributed by atoms with Crippen LogP contribution in [0.25, 0.3) is 0 Å². The third-order valence-electron chi connectivity index (χ3n) is 3.79. The summed E-state index contributed by atoms with van der Waals surface area (Å²) in [6.45, 7) is 4.00. The smallest absolute Gasteiger partial charge is 0.259 e. The zero-order chi connectivity index (χ0) is 15.0. The normalized spacial score (nSPS) is 14.0. The second-order valence-corrected chi connectivity index (χ2v) is 6.46. The van der Waals surface area contributed by atoms with Crippen molar-refractivity contribution in [2.24, 2.45) is 0 Å². The van der Waals surface area contributed by atoms with Crippen molar-refractivity contribution in [2.45, 2.75) is 39.0 Å². The van der Waals surface area contributed by atoms with Gasteiger partial charge in [0.05, 0.1) is 17.4 Å². The van der Waals surface area contributed by atoms with Crippen LogP contribution in [-0.4, -0.2) is 5.91 Å². The van der Waals surface area contributed by atoms with E-state index in [1.807, 2.05) is 13.8 Å². The van der Waals surface area contributed by atoms with E-state index in [1.54, 1.807) is 12.3 Å². The van der Waals surface area contributed by atoms with Crippen molar-refractivity contribution in [3.05, 3.63) is 39.7 Å². The first kappa shape index (κ1) is 13.9. The average molecular weight is 300 g/mol. The zero-order valence-corrected chi connectivity index (χ0v) is 12.8. The molecule has 2 aromatic heterocycles. The summed E-state index contributed by atoms with van der Waals surface area (Å²) in [6.07, 6.45) is 4.51. The summed E-state index contributed by atoms with van der Waals surface area (Å²) in [5.74, 6) is 0.966. The number of rotatable bonds is 4. The van der Waals surface area contributed by atoms with Gasteiger partial charge < -0.3 is 9.73 Å². The standard InChI is InChI=1S/C16H16N2O2S/c1-3-11-9(2)21-16(13(11)8-17)18-15(19)12-6-7-20-14(12)10-4-5-10/h6-7,10H,3-5H2,1-2H3,(H,18,19). The van der Waals surface area contributed by atoms with Gasteiger partial charge in [0.15, 0.2) is 0 Å². The highest BCUT2D eigenvalue weighted by molar-refractivity contribution is 7.16. The van der Waals surface area contributed by atoms with Crippen LogP contribution in [0.4, 0.5) is 5.00 Å². The molecule has 0 bridgehead atoms. The predicted octanol–water partition coefficient (Wildman–Crippen LogP) is 4.21. The number of amides is 1. The Kier molecular flexibility index (Phi) is 3.56. The fraction of sp³-hybridized carbons (Fsp3) is 0.375. The largest absolute Gasteiger partial charge is 0.468 e. The van der Waals surface area contributed by atoms with Crippen LogP contribution in [0.15, 0.2) is 16.7 Å². The van der Waals surface area contributed by atoms with Crippen LogP contribution < -0.4 is 5.32 Å². The van der Waals surface area contributed by atoms with Gasteiger partial charge in [-0.3, -0.25) is 4.79 Å². The lowest BCUT2D eigenvalue weighted by atomic mass is 10.1. The number of anilines is 1. The number of nitriles is 1. The summed E-state index contributed by atoms with van der Waals surface area (Å²) in [5.41, 5.74) is 2.20. The molecule has 0 aromatic carbocycles. The molecule has 1 saturated carbocycles. The minimum Gasteiger partial charge on any atom is -0.468 e. The maximum Gasteiger partial charge on any atom is 0.259 e. The fourth-order valence-electron chi connectivity index (χ4n) is 2.55. The fourth-order valence-corrected chi connectivity index (χ4v) is 3.64. The monoisotopic (exact) mass is 300 g/mol. The molecule has 5 heteroatoms. The Morgan fingerprint density at radius 3 is 2.95 bits per heavy atom. The Hall–Kier alpha value is -2.06. The number of nitrogens with one attached hydrogen (secondary N) is 1. The maximum atomic E-state index is 12.4. The molecule has 2 aromatic rings. The lowest BCUT2D eigenvalue weighted by Crippen LogP contribution is -2.12. The number of hydrogen-bond acceptors (Lipinski definition) is 4. The molecule has 1 aliphatic carbocycles. The first-order valence-electron chi connectivity index (χ1n) is 7.06. The van der Waals surface area contributed by atoms with Crippen LogP contribution in [0.2, 0.25) is 0 Å². The quantitative estimate of drug-likeness (QED) is 0.919. The van der Waals surface area contributed by atoms with Crippen molar-refractivity contribution in [3.8, 4) is 6.07 Å². The van der Waals surface area contributed by atoms with Gasteiger partial charge in [0, 0.05) is 10.8 Å². The molecule has 4 nitrogen and oxygen atoms in total. The Morgan fingerprint density at radius 2 is 2.33 bits per heavy atom. The molecule has 0 spiro atoms. The topological polar surface area (TPSA) is 66.0 Å². The van der Waals surface area contributed by atoms with E-state index >= 15 is 0 Å². The molecule has 0 aliphatic heterocycles.